The second-order valence-corrected chi connectivity index (χ2v) is 7.24. The molecule has 1 fully saturated rings. The zero-order valence-electron chi connectivity index (χ0n) is 10.1. The first kappa shape index (κ1) is 14.7. The third kappa shape index (κ3) is 3.44. The molecule has 19 heavy (non-hydrogen) atoms. The number of nitrogens with one attached hydrogen (secondary N) is 1. The number of thiocarbonyl (C=S) groups is 1. The highest BCUT2D eigenvalue weighted by Crippen LogP contribution is 2.26. The molecule has 0 radical (unpaired) electrons. The number of nitrogens with zero attached hydrogens (tertiary/aromatic N) is 1. The van der Waals surface area contributed by atoms with Gasteiger partial charge in [-0.05, 0) is 47.0 Å². The van der Waals surface area contributed by atoms with Crippen molar-refractivity contribution in [3.8, 4) is 0 Å². The first-order valence-corrected chi connectivity index (χ1v) is 8.41. The fraction of sp³-hybridized carbons (Fsp3) is 0.364. The van der Waals surface area contributed by atoms with Crippen molar-refractivity contribution in [2.24, 2.45) is 5.73 Å². The molecule has 1 aliphatic heterocycles. The summed E-state index contributed by atoms with van der Waals surface area (Å²) in [6.07, 6.45) is 1.81. The molecule has 0 amide bonds. The van der Waals surface area contributed by atoms with Gasteiger partial charge in [0.15, 0.2) is 0 Å². The third-order valence-electron chi connectivity index (χ3n) is 2.90. The fourth-order valence-corrected chi connectivity index (χ4v) is 3.94. The Balaban J connectivity index is 2.21. The highest BCUT2D eigenvalue weighted by molar-refractivity contribution is 9.10. The monoisotopic (exact) mass is 363 g/mol. The summed E-state index contributed by atoms with van der Waals surface area (Å²) in [6.45, 7) is 1.13. The molecule has 0 bridgehead atoms. The molecule has 1 aromatic rings. The largest absolute Gasteiger partial charge is 0.389 e. The van der Waals surface area contributed by atoms with E-state index in [0.717, 1.165) is 12.8 Å². The molecule has 2 rings (SSSR count). The number of nitrogens with two attached hydrogens (primary N) is 1. The molecule has 104 valence electrons. The van der Waals surface area contributed by atoms with E-state index in [4.69, 9.17) is 18.0 Å². The summed E-state index contributed by atoms with van der Waals surface area (Å²) in [7, 11) is -3.48. The van der Waals surface area contributed by atoms with Crippen LogP contribution in [-0.2, 0) is 10.2 Å². The molecule has 0 aromatic heterocycles. The van der Waals surface area contributed by atoms with Crippen LogP contribution in [0.4, 0.5) is 5.69 Å². The Hall–Kier alpha value is -0.700. The van der Waals surface area contributed by atoms with Crippen molar-refractivity contribution < 1.29 is 8.42 Å². The van der Waals surface area contributed by atoms with Gasteiger partial charge in [0.2, 0.25) is 0 Å². The Kier molecular flexibility index (Phi) is 4.44. The van der Waals surface area contributed by atoms with Crippen molar-refractivity contribution in [1.29, 1.82) is 0 Å². The molecule has 8 heteroatoms. The predicted octanol–water partition coefficient (Wildman–Crippen LogP) is 1.84. The van der Waals surface area contributed by atoms with Gasteiger partial charge in [-0.25, -0.2) is 0 Å². The lowest BCUT2D eigenvalue weighted by molar-refractivity contribution is 0.482. The maximum atomic E-state index is 12.1. The van der Waals surface area contributed by atoms with Crippen molar-refractivity contribution in [2.75, 3.05) is 17.8 Å². The summed E-state index contributed by atoms with van der Waals surface area (Å²) >= 11 is 8.19. The van der Waals surface area contributed by atoms with Crippen molar-refractivity contribution >= 4 is 49.0 Å². The van der Waals surface area contributed by atoms with Gasteiger partial charge in [-0.3, -0.25) is 4.72 Å². The van der Waals surface area contributed by atoms with Gasteiger partial charge in [0.1, 0.15) is 4.99 Å². The third-order valence-corrected chi connectivity index (χ3v) is 5.31. The van der Waals surface area contributed by atoms with Gasteiger partial charge in [-0.1, -0.05) is 12.2 Å². The lowest BCUT2D eigenvalue weighted by Crippen LogP contribution is -2.33. The fourth-order valence-electron chi connectivity index (χ4n) is 1.88. The van der Waals surface area contributed by atoms with Crippen LogP contribution >= 0.6 is 28.1 Å². The van der Waals surface area contributed by atoms with Crippen molar-refractivity contribution in [3.05, 3.63) is 28.2 Å². The standard InChI is InChI=1S/C11H14BrN3O2S2/c12-9-7-8(11(13)18)3-4-10(9)14-19(16,17)15-5-1-2-6-15/h3-4,7,14H,1-2,5-6H2,(H2,13,18). The van der Waals surface area contributed by atoms with Crippen LogP contribution < -0.4 is 10.5 Å². The van der Waals surface area contributed by atoms with Gasteiger partial charge in [0.05, 0.1) is 5.69 Å². The van der Waals surface area contributed by atoms with E-state index in [9.17, 15) is 8.42 Å². The predicted molar refractivity (Wildman–Crippen MR) is 83.4 cm³/mol. The van der Waals surface area contributed by atoms with Crippen molar-refractivity contribution in [3.63, 3.8) is 0 Å². The van der Waals surface area contributed by atoms with E-state index in [1.165, 1.54) is 4.31 Å². The van der Waals surface area contributed by atoms with E-state index in [-0.39, 0.29) is 4.99 Å². The number of rotatable bonds is 4. The quantitative estimate of drug-likeness (QED) is 0.800. The molecular weight excluding hydrogens is 350 g/mol. The summed E-state index contributed by atoms with van der Waals surface area (Å²) in [4.78, 5) is 0.273. The van der Waals surface area contributed by atoms with Crippen LogP contribution in [-0.4, -0.2) is 30.8 Å². The number of anilines is 1. The Morgan fingerprint density at radius 1 is 1.37 bits per heavy atom. The van der Waals surface area contributed by atoms with Crippen LogP contribution in [0, 0.1) is 0 Å². The highest BCUT2D eigenvalue weighted by Gasteiger charge is 2.25. The second-order valence-electron chi connectivity index (χ2n) is 4.27. The van der Waals surface area contributed by atoms with Crippen LogP contribution in [0.25, 0.3) is 0 Å². The van der Waals surface area contributed by atoms with Crippen LogP contribution in [0.15, 0.2) is 22.7 Å². The summed E-state index contributed by atoms with van der Waals surface area (Å²) in [5, 5.41) is 0. The molecule has 0 saturated carbocycles. The molecule has 1 aromatic carbocycles. The Bertz CT molecular complexity index is 598. The second kappa shape index (κ2) is 5.74. The van der Waals surface area contributed by atoms with Gasteiger partial charge in [0, 0.05) is 23.1 Å². The van der Waals surface area contributed by atoms with Crippen LogP contribution in [0.2, 0.25) is 0 Å². The summed E-state index contributed by atoms with van der Waals surface area (Å²) in [5.74, 6) is 0. The molecule has 0 unspecified atom stereocenters. The van der Waals surface area contributed by atoms with Crippen LogP contribution in [0.1, 0.15) is 18.4 Å². The number of halogens is 1. The number of benzene rings is 1. The van der Waals surface area contributed by atoms with Gasteiger partial charge >= 0.3 is 10.2 Å². The minimum atomic E-state index is -3.48. The Morgan fingerprint density at radius 3 is 2.53 bits per heavy atom. The molecule has 0 aliphatic carbocycles. The molecule has 5 nitrogen and oxygen atoms in total. The number of hydrogen-bond acceptors (Lipinski definition) is 3. The SMILES string of the molecule is NC(=S)c1ccc(NS(=O)(=O)N2CCCC2)c(Br)c1. The lowest BCUT2D eigenvalue weighted by Gasteiger charge is -2.17. The van der Waals surface area contributed by atoms with Crippen LogP contribution in [0.3, 0.4) is 0 Å². The van der Waals surface area contributed by atoms with Crippen molar-refractivity contribution in [2.45, 2.75) is 12.8 Å². The zero-order valence-corrected chi connectivity index (χ0v) is 13.3. The Labute approximate surface area is 126 Å². The molecule has 1 heterocycles. The summed E-state index contributed by atoms with van der Waals surface area (Å²) in [6, 6.07) is 5.03. The van der Waals surface area contributed by atoms with Gasteiger partial charge in [-0.15, -0.1) is 0 Å². The summed E-state index contributed by atoms with van der Waals surface area (Å²) in [5.41, 5.74) is 6.69. The highest BCUT2D eigenvalue weighted by atomic mass is 79.9. The van der Waals surface area contributed by atoms with Crippen molar-refractivity contribution in [1.82, 2.24) is 4.31 Å². The molecule has 3 N–H and O–H groups in total. The maximum absolute atomic E-state index is 12.1. The van der Waals surface area contributed by atoms with E-state index >= 15 is 0 Å². The molecule has 1 saturated heterocycles. The first-order chi connectivity index (χ1) is 8.90. The first-order valence-electron chi connectivity index (χ1n) is 5.77. The average molecular weight is 364 g/mol. The normalized spacial score (nSPS) is 16.5. The molecule has 1 aliphatic rings. The summed E-state index contributed by atoms with van der Waals surface area (Å²) < 4.78 is 28.9. The molecule has 0 spiro atoms. The minimum Gasteiger partial charge on any atom is -0.389 e. The average Bonchev–Trinajstić information content (AvgIpc) is 2.85. The molecular formula is C11H14BrN3O2S2. The van der Waals surface area contributed by atoms with E-state index in [1.807, 2.05) is 0 Å². The topological polar surface area (TPSA) is 75.4 Å². The maximum Gasteiger partial charge on any atom is 0.301 e. The van der Waals surface area contributed by atoms with Gasteiger partial charge < -0.3 is 5.73 Å². The van der Waals surface area contributed by atoms with E-state index < -0.39 is 10.2 Å². The van der Waals surface area contributed by atoms with E-state index in [0.29, 0.717) is 28.8 Å². The lowest BCUT2D eigenvalue weighted by atomic mass is 10.2. The number of hydrogen-bond donors (Lipinski definition) is 2. The smallest absolute Gasteiger partial charge is 0.301 e. The van der Waals surface area contributed by atoms with E-state index in [2.05, 4.69) is 20.7 Å². The Morgan fingerprint density at radius 2 is 2.00 bits per heavy atom. The molecule has 0 atom stereocenters. The minimum absolute atomic E-state index is 0.273. The van der Waals surface area contributed by atoms with Crippen LogP contribution in [0.5, 0.6) is 0 Å². The van der Waals surface area contributed by atoms with E-state index in [1.54, 1.807) is 18.2 Å². The van der Waals surface area contributed by atoms with Gasteiger partial charge in [-0.2, -0.15) is 12.7 Å². The zero-order chi connectivity index (χ0) is 14.0. The van der Waals surface area contributed by atoms with Gasteiger partial charge in [0.25, 0.3) is 0 Å².